The van der Waals surface area contributed by atoms with E-state index in [0.29, 0.717) is 19.6 Å². The van der Waals surface area contributed by atoms with Crippen molar-refractivity contribution in [1.82, 2.24) is 0 Å². The number of hydrogen-bond donors (Lipinski definition) is 1. The Morgan fingerprint density at radius 2 is 1.93 bits per heavy atom. The molecular formula is C10H21NO3. The predicted molar refractivity (Wildman–Crippen MR) is 54.9 cm³/mol. The van der Waals surface area contributed by atoms with Crippen molar-refractivity contribution in [3.63, 3.8) is 0 Å². The Balaban J connectivity index is 3.74. The second-order valence-corrected chi connectivity index (χ2v) is 4.36. The van der Waals surface area contributed by atoms with Crippen molar-refractivity contribution in [1.29, 1.82) is 0 Å². The van der Waals surface area contributed by atoms with Gasteiger partial charge in [-0.1, -0.05) is 20.8 Å². The second-order valence-electron chi connectivity index (χ2n) is 4.36. The fourth-order valence-electron chi connectivity index (χ4n) is 0.819. The Morgan fingerprint density at radius 1 is 1.36 bits per heavy atom. The molecule has 0 aromatic carbocycles. The second kappa shape index (κ2) is 5.98. The summed E-state index contributed by atoms with van der Waals surface area (Å²) >= 11 is 0. The molecule has 1 atom stereocenters. The van der Waals surface area contributed by atoms with Crippen LogP contribution in [0, 0.1) is 5.41 Å². The Labute approximate surface area is 85.8 Å². The van der Waals surface area contributed by atoms with Gasteiger partial charge >= 0.3 is 5.97 Å². The van der Waals surface area contributed by atoms with Gasteiger partial charge < -0.3 is 15.2 Å². The Hall–Kier alpha value is -0.610. The van der Waals surface area contributed by atoms with Gasteiger partial charge in [0.25, 0.3) is 0 Å². The first kappa shape index (κ1) is 13.4. The van der Waals surface area contributed by atoms with E-state index in [9.17, 15) is 4.79 Å². The molecule has 0 amide bonds. The van der Waals surface area contributed by atoms with E-state index in [1.54, 1.807) is 7.11 Å². The Kier molecular flexibility index (Phi) is 5.72. The highest BCUT2D eigenvalue weighted by Crippen LogP contribution is 2.18. The van der Waals surface area contributed by atoms with E-state index >= 15 is 0 Å². The average molecular weight is 203 g/mol. The van der Waals surface area contributed by atoms with E-state index in [2.05, 4.69) is 0 Å². The molecule has 4 nitrogen and oxygen atoms in total. The van der Waals surface area contributed by atoms with Crippen molar-refractivity contribution in [2.24, 2.45) is 11.1 Å². The average Bonchev–Trinajstić information content (AvgIpc) is 2.09. The molecule has 4 heteroatoms. The summed E-state index contributed by atoms with van der Waals surface area (Å²) in [6, 6.07) is -0.565. The van der Waals surface area contributed by atoms with Crippen molar-refractivity contribution in [3.8, 4) is 0 Å². The van der Waals surface area contributed by atoms with Gasteiger partial charge in [-0.05, 0) is 5.41 Å². The first-order valence-electron chi connectivity index (χ1n) is 4.80. The van der Waals surface area contributed by atoms with Crippen molar-refractivity contribution < 1.29 is 14.3 Å². The molecule has 14 heavy (non-hydrogen) atoms. The first-order chi connectivity index (χ1) is 6.39. The molecule has 0 spiro atoms. The molecule has 0 radical (unpaired) electrons. The topological polar surface area (TPSA) is 61.5 Å². The number of carbonyl (C=O) groups is 1. The summed E-state index contributed by atoms with van der Waals surface area (Å²) in [6.45, 7) is 6.70. The highest BCUT2D eigenvalue weighted by atomic mass is 16.5. The normalized spacial score (nSPS) is 13.8. The summed E-state index contributed by atoms with van der Waals surface area (Å²) in [7, 11) is 1.61. The van der Waals surface area contributed by atoms with Gasteiger partial charge in [0.05, 0.1) is 6.61 Å². The van der Waals surface area contributed by atoms with Crippen LogP contribution in [-0.4, -0.2) is 32.3 Å². The van der Waals surface area contributed by atoms with Gasteiger partial charge in [0, 0.05) is 20.1 Å². The van der Waals surface area contributed by atoms with Gasteiger partial charge in [0.1, 0.15) is 6.04 Å². The van der Waals surface area contributed by atoms with Crippen LogP contribution in [0.1, 0.15) is 27.2 Å². The standard InChI is InChI=1S/C10H21NO3/c1-10(2,3)8(11)9(12)14-7-5-6-13-4/h8H,5-7,11H2,1-4H3/t8-/m1/s1. The van der Waals surface area contributed by atoms with E-state index < -0.39 is 6.04 Å². The van der Waals surface area contributed by atoms with Gasteiger partial charge in [-0.2, -0.15) is 0 Å². The van der Waals surface area contributed by atoms with Gasteiger partial charge in [-0.25, -0.2) is 0 Å². The third-order valence-electron chi connectivity index (χ3n) is 1.92. The molecule has 0 aromatic rings. The zero-order valence-corrected chi connectivity index (χ0v) is 9.50. The Bertz CT molecular complexity index is 175. The number of rotatable bonds is 5. The third-order valence-corrected chi connectivity index (χ3v) is 1.92. The summed E-state index contributed by atoms with van der Waals surface area (Å²) in [5.74, 6) is -0.339. The molecule has 84 valence electrons. The third kappa shape index (κ3) is 5.19. The lowest BCUT2D eigenvalue weighted by molar-refractivity contribution is -0.148. The van der Waals surface area contributed by atoms with Crippen molar-refractivity contribution in [2.45, 2.75) is 33.2 Å². The lowest BCUT2D eigenvalue weighted by atomic mass is 9.87. The summed E-state index contributed by atoms with van der Waals surface area (Å²) < 4.78 is 9.82. The van der Waals surface area contributed by atoms with E-state index in [1.807, 2.05) is 20.8 Å². The molecule has 0 saturated heterocycles. The van der Waals surface area contributed by atoms with Crippen LogP contribution in [0.2, 0.25) is 0 Å². The van der Waals surface area contributed by atoms with Crippen LogP contribution in [-0.2, 0) is 14.3 Å². The molecule has 0 aromatic heterocycles. The van der Waals surface area contributed by atoms with Gasteiger partial charge in [-0.3, -0.25) is 4.79 Å². The monoisotopic (exact) mass is 203 g/mol. The van der Waals surface area contributed by atoms with E-state index in [1.165, 1.54) is 0 Å². The quantitative estimate of drug-likeness (QED) is 0.533. The van der Waals surface area contributed by atoms with Gasteiger partial charge in [0.15, 0.2) is 0 Å². The van der Waals surface area contributed by atoms with Crippen LogP contribution >= 0.6 is 0 Å². The summed E-state index contributed by atoms with van der Waals surface area (Å²) in [5.41, 5.74) is 5.45. The molecule has 0 aliphatic rings. The molecule has 0 unspecified atom stereocenters. The highest BCUT2D eigenvalue weighted by Gasteiger charge is 2.28. The molecule has 2 N–H and O–H groups in total. The summed E-state index contributed by atoms with van der Waals surface area (Å²) in [4.78, 5) is 11.4. The van der Waals surface area contributed by atoms with Crippen LogP contribution < -0.4 is 5.73 Å². The minimum absolute atomic E-state index is 0.252. The SMILES string of the molecule is COCCCOC(=O)[C@@H](N)C(C)(C)C. The zero-order chi connectivity index (χ0) is 11.2. The van der Waals surface area contributed by atoms with Crippen LogP contribution in [0.25, 0.3) is 0 Å². The Morgan fingerprint density at radius 3 is 2.36 bits per heavy atom. The first-order valence-corrected chi connectivity index (χ1v) is 4.80. The molecule has 0 aliphatic heterocycles. The van der Waals surface area contributed by atoms with Crippen LogP contribution in [0.5, 0.6) is 0 Å². The number of ether oxygens (including phenoxy) is 2. The van der Waals surface area contributed by atoms with Crippen molar-refractivity contribution in [3.05, 3.63) is 0 Å². The number of methoxy groups -OCH3 is 1. The summed E-state index contributed by atoms with van der Waals surface area (Å²) in [5, 5.41) is 0. The molecule has 0 fully saturated rings. The molecule has 0 rings (SSSR count). The molecule has 0 saturated carbocycles. The van der Waals surface area contributed by atoms with Crippen LogP contribution in [0.4, 0.5) is 0 Å². The largest absolute Gasteiger partial charge is 0.464 e. The molecular weight excluding hydrogens is 182 g/mol. The van der Waals surface area contributed by atoms with Crippen LogP contribution in [0.15, 0.2) is 0 Å². The highest BCUT2D eigenvalue weighted by molar-refractivity contribution is 5.76. The minimum Gasteiger partial charge on any atom is -0.464 e. The minimum atomic E-state index is -0.565. The summed E-state index contributed by atoms with van der Waals surface area (Å²) in [6.07, 6.45) is 0.707. The van der Waals surface area contributed by atoms with Gasteiger partial charge in [-0.15, -0.1) is 0 Å². The lowest BCUT2D eigenvalue weighted by Crippen LogP contribution is -2.43. The molecule has 0 bridgehead atoms. The van der Waals surface area contributed by atoms with Crippen molar-refractivity contribution in [2.75, 3.05) is 20.3 Å². The lowest BCUT2D eigenvalue weighted by Gasteiger charge is -2.24. The maximum atomic E-state index is 11.4. The number of nitrogens with two attached hydrogens (primary N) is 1. The smallest absolute Gasteiger partial charge is 0.323 e. The molecule has 0 aliphatic carbocycles. The van der Waals surface area contributed by atoms with Crippen molar-refractivity contribution >= 4 is 5.97 Å². The maximum Gasteiger partial charge on any atom is 0.323 e. The molecule has 0 heterocycles. The van der Waals surface area contributed by atoms with Gasteiger partial charge in [0.2, 0.25) is 0 Å². The van der Waals surface area contributed by atoms with E-state index in [0.717, 1.165) is 0 Å². The number of hydrogen-bond acceptors (Lipinski definition) is 4. The number of esters is 1. The number of carbonyl (C=O) groups excluding carboxylic acids is 1. The fourth-order valence-corrected chi connectivity index (χ4v) is 0.819. The van der Waals surface area contributed by atoms with E-state index in [-0.39, 0.29) is 11.4 Å². The maximum absolute atomic E-state index is 11.4. The predicted octanol–water partition coefficient (Wildman–Crippen LogP) is 0.939. The van der Waals surface area contributed by atoms with E-state index in [4.69, 9.17) is 15.2 Å². The zero-order valence-electron chi connectivity index (χ0n) is 9.50. The van der Waals surface area contributed by atoms with Crippen LogP contribution in [0.3, 0.4) is 0 Å². The fraction of sp³-hybridized carbons (Fsp3) is 0.900.